The number of piperazine rings is 1. The summed E-state index contributed by atoms with van der Waals surface area (Å²) in [4.78, 5) is 15.9. The number of nitrogens with zero attached hydrogens (tertiary/aromatic N) is 7. The van der Waals surface area contributed by atoms with Gasteiger partial charge in [-0.25, -0.2) is 13.2 Å². The minimum Gasteiger partial charge on any atom is -0.508 e. The molecule has 4 fully saturated rings. The minimum absolute atomic E-state index is 0.0557. The topological polar surface area (TPSA) is 95.9 Å². The molecule has 7 heterocycles. The second kappa shape index (κ2) is 13.3. The molecule has 4 saturated heterocycles. The second-order valence-corrected chi connectivity index (χ2v) is 16.1. The van der Waals surface area contributed by atoms with Gasteiger partial charge >= 0.3 is 12.2 Å². The van der Waals surface area contributed by atoms with Gasteiger partial charge in [0.2, 0.25) is 5.76 Å². The van der Waals surface area contributed by atoms with E-state index in [0.29, 0.717) is 48.0 Å². The van der Waals surface area contributed by atoms with E-state index in [9.17, 15) is 22.7 Å². The third-order valence-electron chi connectivity index (χ3n) is 12.5. The normalized spacial score (nSPS) is 23.8. The fraction of sp³-hybridized carbons (Fsp3) is 0.405. The van der Waals surface area contributed by atoms with E-state index in [4.69, 9.17) is 25.5 Å². The first kappa shape index (κ1) is 36.8. The molecule has 4 aliphatic rings. The van der Waals surface area contributed by atoms with Gasteiger partial charge in [-0.15, -0.1) is 6.42 Å². The number of anilines is 1. The van der Waals surface area contributed by atoms with Gasteiger partial charge in [-0.3, -0.25) is 14.5 Å². The predicted molar refractivity (Wildman–Crippen MR) is 203 cm³/mol. The van der Waals surface area contributed by atoms with Gasteiger partial charge in [-0.1, -0.05) is 12.0 Å². The first-order valence-corrected chi connectivity index (χ1v) is 19.3. The molecule has 16 heteroatoms. The highest BCUT2D eigenvalue weighted by Gasteiger charge is 2.50. The number of aromatic hydroxyl groups is 1. The van der Waals surface area contributed by atoms with E-state index in [0.717, 1.165) is 38.3 Å². The van der Waals surface area contributed by atoms with Gasteiger partial charge in [0.1, 0.15) is 47.0 Å². The largest absolute Gasteiger partial charge is 0.508 e. The standard InChI is InChI=1S/C42H37F6N7O3/c1-3-28-31(44)9-5-22-13-26(56)14-29(33(22)28)34-36(45)38-35(30-20-52(2)51-37(30)34)39(50-40(49-38)57-21-41-11-4-12-54(41)16-23(43)15-41)53-17-24-6-7-25(18-53)55(24)19-27-8-10-32(58-27)42(46,47)48/h1,5,8-10,13-14,20,23-25,56H,4,6-7,11-12,15-19,21H2,2H3/t23-,24?,25?,41?/m1/s1. The fourth-order valence-corrected chi connectivity index (χ4v) is 10.1. The first-order chi connectivity index (χ1) is 27.8. The Bertz CT molecular complexity index is 2680. The number of aryl methyl sites for hydroxylation is 1. The van der Waals surface area contributed by atoms with Crippen molar-refractivity contribution in [1.82, 2.24) is 29.5 Å². The van der Waals surface area contributed by atoms with Crippen molar-refractivity contribution in [3.8, 4) is 35.2 Å². The van der Waals surface area contributed by atoms with E-state index in [1.54, 1.807) is 13.2 Å². The minimum atomic E-state index is -4.59. The molecule has 2 bridgehead atoms. The van der Waals surface area contributed by atoms with Crippen molar-refractivity contribution in [2.24, 2.45) is 7.05 Å². The van der Waals surface area contributed by atoms with Crippen LogP contribution in [0.15, 0.2) is 47.0 Å². The Morgan fingerprint density at radius 3 is 2.57 bits per heavy atom. The molecule has 0 saturated carbocycles. The van der Waals surface area contributed by atoms with E-state index in [2.05, 4.69) is 20.8 Å². The van der Waals surface area contributed by atoms with Crippen molar-refractivity contribution in [2.75, 3.05) is 37.7 Å². The van der Waals surface area contributed by atoms with Crippen molar-refractivity contribution in [3.05, 3.63) is 71.3 Å². The van der Waals surface area contributed by atoms with Crippen molar-refractivity contribution in [1.29, 1.82) is 0 Å². The molecule has 300 valence electrons. The fourth-order valence-electron chi connectivity index (χ4n) is 10.1. The monoisotopic (exact) mass is 801 g/mol. The summed E-state index contributed by atoms with van der Waals surface area (Å²) in [6, 6.07) is 7.40. The van der Waals surface area contributed by atoms with Gasteiger partial charge in [-0.05, 0) is 73.5 Å². The SMILES string of the molecule is C#Cc1c(F)ccc2cc(O)cc(-c3c(F)c4nc(OCC56CCCN5C[C@H](F)C6)nc(N5CC6CCC(C5)N6Cc5ccc(C(F)(F)F)o5)c4c4cn(C)nc34)c12. The molecule has 0 aliphatic carbocycles. The molecule has 10 nitrogen and oxygen atoms in total. The molecule has 3 unspecified atom stereocenters. The van der Waals surface area contributed by atoms with Crippen molar-refractivity contribution >= 4 is 38.4 Å². The van der Waals surface area contributed by atoms with Crippen LogP contribution >= 0.6 is 0 Å². The summed E-state index contributed by atoms with van der Waals surface area (Å²) in [5.74, 6) is 0.229. The van der Waals surface area contributed by atoms with Crippen LogP contribution in [-0.2, 0) is 19.8 Å². The molecule has 0 spiro atoms. The van der Waals surface area contributed by atoms with Crippen LogP contribution in [0.2, 0.25) is 0 Å². The van der Waals surface area contributed by atoms with Crippen LogP contribution < -0.4 is 9.64 Å². The summed E-state index contributed by atoms with van der Waals surface area (Å²) in [7, 11) is 1.68. The van der Waals surface area contributed by atoms with Crippen molar-refractivity contribution in [3.63, 3.8) is 0 Å². The Morgan fingerprint density at radius 1 is 1.03 bits per heavy atom. The van der Waals surface area contributed by atoms with E-state index < -0.39 is 35.3 Å². The summed E-state index contributed by atoms with van der Waals surface area (Å²) in [6.45, 7) is 2.14. The van der Waals surface area contributed by atoms with E-state index >= 15 is 8.78 Å². The third-order valence-corrected chi connectivity index (χ3v) is 12.5. The van der Waals surface area contributed by atoms with E-state index in [1.807, 2.05) is 4.90 Å². The molecule has 3 aromatic heterocycles. The number of phenolic OH excluding ortho intramolecular Hbond substituents is 1. The maximum absolute atomic E-state index is 17.8. The molecule has 3 aromatic carbocycles. The number of fused-ring (bicyclic) bond motifs is 7. The maximum atomic E-state index is 17.8. The van der Waals surface area contributed by atoms with Gasteiger partial charge in [-0.2, -0.15) is 28.2 Å². The lowest BCUT2D eigenvalue weighted by molar-refractivity contribution is -0.153. The number of aromatic nitrogens is 4. The molecular formula is C42H37F6N7O3. The number of phenols is 1. The molecule has 0 amide bonds. The van der Waals surface area contributed by atoms with Crippen LogP contribution in [0.4, 0.5) is 32.2 Å². The number of furan rings is 1. The highest BCUT2D eigenvalue weighted by molar-refractivity contribution is 6.18. The average molecular weight is 802 g/mol. The Kier molecular flexibility index (Phi) is 8.40. The molecule has 58 heavy (non-hydrogen) atoms. The van der Waals surface area contributed by atoms with Gasteiger partial charge in [0.15, 0.2) is 5.82 Å². The number of halogens is 6. The smallest absolute Gasteiger partial charge is 0.449 e. The number of alkyl halides is 4. The Balaban J connectivity index is 1.13. The molecule has 6 aromatic rings. The number of hydrogen-bond acceptors (Lipinski definition) is 9. The van der Waals surface area contributed by atoms with Crippen LogP contribution in [0.5, 0.6) is 11.8 Å². The molecule has 4 atom stereocenters. The molecule has 4 aliphatic heterocycles. The average Bonchev–Trinajstić information content (AvgIpc) is 3.99. The van der Waals surface area contributed by atoms with Crippen LogP contribution in [0.1, 0.15) is 49.2 Å². The van der Waals surface area contributed by atoms with Crippen LogP contribution in [0.3, 0.4) is 0 Å². The van der Waals surface area contributed by atoms with Gasteiger partial charge < -0.3 is 19.2 Å². The van der Waals surface area contributed by atoms with Crippen molar-refractivity contribution in [2.45, 2.75) is 68.6 Å². The molecule has 10 rings (SSSR count). The molecular weight excluding hydrogens is 764 g/mol. The van der Waals surface area contributed by atoms with E-state index in [-0.39, 0.29) is 75.9 Å². The maximum Gasteiger partial charge on any atom is 0.449 e. The summed E-state index contributed by atoms with van der Waals surface area (Å²) in [6.07, 6.45) is 5.38. The first-order valence-electron chi connectivity index (χ1n) is 19.3. The summed E-state index contributed by atoms with van der Waals surface area (Å²) < 4.78 is 101. The lowest BCUT2D eigenvalue weighted by Crippen LogP contribution is -2.53. The zero-order valence-corrected chi connectivity index (χ0v) is 31.3. The Morgan fingerprint density at radius 2 is 1.83 bits per heavy atom. The van der Waals surface area contributed by atoms with Gasteiger partial charge in [0, 0.05) is 67.7 Å². The zero-order chi connectivity index (χ0) is 40.2. The summed E-state index contributed by atoms with van der Waals surface area (Å²) >= 11 is 0. The van der Waals surface area contributed by atoms with Crippen LogP contribution in [-0.4, -0.2) is 91.2 Å². The quantitative estimate of drug-likeness (QED) is 0.129. The van der Waals surface area contributed by atoms with Crippen molar-refractivity contribution < 1.29 is 40.6 Å². The lowest BCUT2D eigenvalue weighted by Gasteiger charge is -2.41. The molecule has 0 radical (unpaired) electrons. The number of ether oxygens (including phenoxy) is 1. The highest BCUT2D eigenvalue weighted by atomic mass is 19.4. The van der Waals surface area contributed by atoms with Crippen LogP contribution in [0, 0.1) is 24.0 Å². The third kappa shape index (κ3) is 5.84. The Labute approximate surface area is 328 Å². The zero-order valence-electron chi connectivity index (χ0n) is 31.3. The number of benzene rings is 3. The second-order valence-electron chi connectivity index (χ2n) is 16.1. The van der Waals surface area contributed by atoms with Gasteiger partial charge in [0.25, 0.3) is 0 Å². The lowest BCUT2D eigenvalue weighted by atomic mass is 9.91. The highest BCUT2D eigenvalue weighted by Crippen LogP contribution is 2.47. The Hall–Kier alpha value is -5.53. The summed E-state index contributed by atoms with van der Waals surface area (Å²) in [5.41, 5.74) is -0.499. The molecule has 1 N–H and O–H groups in total. The van der Waals surface area contributed by atoms with E-state index in [1.165, 1.54) is 35.0 Å². The number of terminal acetylenes is 1. The number of hydrogen-bond donors (Lipinski definition) is 1. The number of rotatable bonds is 7. The van der Waals surface area contributed by atoms with Crippen LogP contribution in [0.25, 0.3) is 43.7 Å². The summed E-state index contributed by atoms with van der Waals surface area (Å²) in [5, 5.41) is 17.0. The predicted octanol–water partition coefficient (Wildman–Crippen LogP) is 7.72. The van der Waals surface area contributed by atoms with Gasteiger partial charge in [0.05, 0.1) is 23.0 Å².